The maximum atomic E-state index is 14.3. The van der Waals surface area contributed by atoms with Crippen molar-refractivity contribution in [3.05, 3.63) is 0 Å². The van der Waals surface area contributed by atoms with Crippen molar-refractivity contribution in [1.29, 1.82) is 0 Å². The minimum absolute atomic E-state index is 0.0522. The van der Waals surface area contributed by atoms with Crippen molar-refractivity contribution in [2.24, 2.45) is 40.7 Å². The van der Waals surface area contributed by atoms with Gasteiger partial charge in [-0.05, 0) is 86.9 Å². The Labute approximate surface area is 342 Å². The minimum atomic E-state index is -1.50. The number of likely N-dealkylation sites (tertiary alicyclic amines) is 1. The SMILES string of the molecule is CC(C)CC[C@H](NC(=O)[C@@H]1CCCN1C(=O)[C@@H](NC(=O)[C@@H](NC(=O)[C@H](CCC(=O)O)NC(=O)[C@@H](N)CC(=O)O)C(C)C)C(C)C)B1O[C@@H]2C[C@@H]3C[C@H](C3(C)C)[C@]2(C)O1. The first-order valence-electron chi connectivity index (χ1n) is 21.0. The third-order valence-electron chi connectivity index (χ3n) is 13.0. The highest BCUT2D eigenvalue weighted by molar-refractivity contribution is 6.48. The molecule has 5 rings (SSSR count). The van der Waals surface area contributed by atoms with Crippen LogP contribution in [0.15, 0.2) is 0 Å². The summed E-state index contributed by atoms with van der Waals surface area (Å²) >= 11 is 0. The molecule has 8 N–H and O–H groups in total. The number of carbonyl (C=O) groups is 7. The summed E-state index contributed by atoms with van der Waals surface area (Å²) in [5.74, 6) is -5.94. The third-order valence-corrected chi connectivity index (χ3v) is 13.0. The van der Waals surface area contributed by atoms with Crippen LogP contribution in [0.5, 0.6) is 0 Å². The second-order valence-corrected chi connectivity index (χ2v) is 18.8. The highest BCUT2D eigenvalue weighted by atomic mass is 16.7. The van der Waals surface area contributed by atoms with E-state index >= 15 is 0 Å². The van der Waals surface area contributed by atoms with Crippen LogP contribution in [0.1, 0.15) is 120 Å². The molecule has 5 fully saturated rings. The van der Waals surface area contributed by atoms with Crippen molar-refractivity contribution in [3.63, 3.8) is 0 Å². The minimum Gasteiger partial charge on any atom is -0.481 e. The number of amides is 5. The van der Waals surface area contributed by atoms with Gasteiger partial charge in [0.05, 0.1) is 30.1 Å². The topological polar surface area (TPSA) is 256 Å². The summed E-state index contributed by atoms with van der Waals surface area (Å²) in [6.45, 7) is 18.1. The Balaban J connectivity index is 1.45. The van der Waals surface area contributed by atoms with Crippen LogP contribution in [-0.4, -0.2) is 118 Å². The van der Waals surface area contributed by atoms with E-state index < -0.39 is 109 Å². The van der Waals surface area contributed by atoms with Gasteiger partial charge >= 0.3 is 19.1 Å². The van der Waals surface area contributed by atoms with Crippen molar-refractivity contribution >= 4 is 48.6 Å². The van der Waals surface area contributed by atoms with Crippen LogP contribution in [0.4, 0.5) is 0 Å². The molecule has 5 aliphatic rings. The number of rotatable bonds is 20. The van der Waals surface area contributed by atoms with Crippen LogP contribution in [-0.2, 0) is 42.9 Å². The van der Waals surface area contributed by atoms with Crippen LogP contribution in [0.25, 0.3) is 0 Å². The molecular formula is C40H67BN6O11. The predicted octanol–water partition coefficient (Wildman–Crippen LogP) is 1.60. The molecule has 3 saturated carbocycles. The molecule has 0 aromatic rings. The van der Waals surface area contributed by atoms with E-state index in [4.69, 9.17) is 20.1 Å². The second kappa shape index (κ2) is 19.1. The quantitative estimate of drug-likeness (QED) is 0.0866. The van der Waals surface area contributed by atoms with Crippen molar-refractivity contribution in [2.45, 2.75) is 168 Å². The van der Waals surface area contributed by atoms with Crippen molar-refractivity contribution < 1.29 is 53.1 Å². The lowest BCUT2D eigenvalue weighted by atomic mass is 9.43. The van der Waals surface area contributed by atoms with E-state index in [1.165, 1.54) is 4.90 Å². The molecule has 5 amide bonds. The van der Waals surface area contributed by atoms with E-state index in [2.05, 4.69) is 55.9 Å². The first kappa shape index (κ1) is 46.9. The summed E-state index contributed by atoms with van der Waals surface area (Å²) in [6.07, 6.45) is 2.86. The lowest BCUT2D eigenvalue weighted by Gasteiger charge is -2.64. The second-order valence-electron chi connectivity index (χ2n) is 18.8. The Morgan fingerprint density at radius 1 is 0.810 bits per heavy atom. The molecule has 0 aromatic carbocycles. The number of aliphatic carboxylic acids is 2. The van der Waals surface area contributed by atoms with Gasteiger partial charge in [-0.25, -0.2) is 0 Å². The summed E-state index contributed by atoms with van der Waals surface area (Å²) in [5.41, 5.74) is 5.37. The van der Waals surface area contributed by atoms with Gasteiger partial charge in [-0.3, -0.25) is 33.6 Å². The number of nitrogens with two attached hydrogens (primary N) is 1. The zero-order chi connectivity index (χ0) is 43.4. The zero-order valence-electron chi connectivity index (χ0n) is 35.7. The van der Waals surface area contributed by atoms with Crippen LogP contribution >= 0.6 is 0 Å². The summed E-state index contributed by atoms with van der Waals surface area (Å²) in [6, 6.07) is -6.02. The van der Waals surface area contributed by atoms with E-state index in [1.54, 1.807) is 27.7 Å². The van der Waals surface area contributed by atoms with Gasteiger partial charge in [0.15, 0.2) is 0 Å². The molecule has 0 aromatic heterocycles. The van der Waals surface area contributed by atoms with E-state index in [-0.39, 0.29) is 23.8 Å². The van der Waals surface area contributed by atoms with Gasteiger partial charge in [0, 0.05) is 13.0 Å². The monoisotopic (exact) mass is 818 g/mol. The number of nitrogens with one attached hydrogen (secondary N) is 4. The van der Waals surface area contributed by atoms with Gasteiger partial charge in [-0.2, -0.15) is 0 Å². The first-order chi connectivity index (χ1) is 27.0. The van der Waals surface area contributed by atoms with Crippen LogP contribution in [0.3, 0.4) is 0 Å². The van der Waals surface area contributed by atoms with Gasteiger partial charge in [0.25, 0.3) is 0 Å². The fourth-order valence-corrected chi connectivity index (χ4v) is 9.26. The molecule has 58 heavy (non-hydrogen) atoms. The fourth-order valence-electron chi connectivity index (χ4n) is 9.26. The Kier molecular flexibility index (Phi) is 15.4. The summed E-state index contributed by atoms with van der Waals surface area (Å²) in [4.78, 5) is 92.2. The lowest BCUT2D eigenvalue weighted by Crippen LogP contribution is -2.65. The Morgan fingerprint density at radius 2 is 1.45 bits per heavy atom. The average molecular weight is 819 g/mol. The summed E-state index contributed by atoms with van der Waals surface area (Å²) in [7, 11) is -0.622. The molecule has 0 radical (unpaired) electrons. The van der Waals surface area contributed by atoms with E-state index in [9.17, 15) is 38.7 Å². The van der Waals surface area contributed by atoms with E-state index in [0.29, 0.717) is 43.6 Å². The molecule has 326 valence electrons. The number of carboxylic acid groups (broad SMARTS) is 2. The number of hydrogen-bond donors (Lipinski definition) is 7. The fraction of sp³-hybridized carbons (Fsp3) is 0.825. The van der Waals surface area contributed by atoms with Gasteiger partial charge in [-0.1, -0.05) is 55.4 Å². The highest BCUT2D eigenvalue weighted by Crippen LogP contribution is 2.65. The smallest absolute Gasteiger partial charge is 0.481 e. The summed E-state index contributed by atoms with van der Waals surface area (Å²) in [5, 5.41) is 29.1. The van der Waals surface area contributed by atoms with Crippen LogP contribution < -0.4 is 27.0 Å². The van der Waals surface area contributed by atoms with Gasteiger partial charge in [0.2, 0.25) is 29.5 Å². The predicted molar refractivity (Wildman–Crippen MR) is 213 cm³/mol. The maximum absolute atomic E-state index is 14.3. The van der Waals surface area contributed by atoms with Crippen LogP contribution in [0.2, 0.25) is 0 Å². The standard InChI is InChI=1S/C40H67BN6O11/c1-20(2)12-14-29(41-57-28-18-23-17-27(39(23,7)8)40(28,9)58-41)44-36(54)26-11-10-16-47(26)38(56)33(22(5)6)46-37(55)32(21(3)4)45-35(53)25(13-15-30(48)49)43-34(52)24(42)19-31(50)51/h20-29,32-33H,10-19,42H2,1-9H3,(H,43,52)(H,44,54)(H,45,53)(H,46,55)(H,48,49)(H,50,51)/t23-,24-,25-,26-,27+,28+,29-,32-,33-,40-/m0/s1. The number of carboxylic acids is 2. The zero-order valence-corrected chi connectivity index (χ0v) is 35.7. The molecule has 0 unspecified atom stereocenters. The molecule has 3 aliphatic carbocycles. The first-order valence-corrected chi connectivity index (χ1v) is 21.0. The lowest BCUT2D eigenvalue weighted by molar-refractivity contribution is -0.199. The van der Waals surface area contributed by atoms with E-state index in [0.717, 1.165) is 19.3 Å². The normalized spacial score (nSPS) is 27.2. The molecule has 2 heterocycles. The molecule has 2 bridgehead atoms. The molecule has 17 nitrogen and oxygen atoms in total. The largest absolute Gasteiger partial charge is 0.481 e. The highest BCUT2D eigenvalue weighted by Gasteiger charge is 2.68. The molecule has 10 atom stereocenters. The Hall–Kier alpha value is -3.77. The molecule has 2 saturated heterocycles. The molecule has 0 spiro atoms. The van der Waals surface area contributed by atoms with Crippen molar-refractivity contribution in [3.8, 4) is 0 Å². The Bertz CT molecular complexity index is 1560. The van der Waals surface area contributed by atoms with Crippen molar-refractivity contribution in [2.75, 3.05) is 6.54 Å². The van der Waals surface area contributed by atoms with E-state index in [1.807, 2.05) is 0 Å². The van der Waals surface area contributed by atoms with Gasteiger partial charge in [0.1, 0.15) is 24.2 Å². The summed E-state index contributed by atoms with van der Waals surface area (Å²) < 4.78 is 13.4. The third kappa shape index (κ3) is 10.7. The average Bonchev–Trinajstić information content (AvgIpc) is 3.76. The Morgan fingerprint density at radius 3 is 2.02 bits per heavy atom. The molecular weight excluding hydrogens is 751 g/mol. The molecule has 18 heteroatoms. The number of nitrogens with zero attached hydrogens (tertiary/aromatic N) is 1. The van der Waals surface area contributed by atoms with Crippen LogP contribution in [0, 0.1) is 35.0 Å². The number of hydrogen-bond acceptors (Lipinski definition) is 10. The van der Waals surface area contributed by atoms with Crippen molar-refractivity contribution in [1.82, 2.24) is 26.2 Å². The maximum Gasteiger partial charge on any atom is 0.481 e. The number of carbonyl (C=O) groups excluding carboxylic acids is 5. The van der Waals surface area contributed by atoms with Gasteiger partial charge < -0.3 is 51.4 Å². The van der Waals surface area contributed by atoms with Gasteiger partial charge in [-0.15, -0.1) is 0 Å². The molecule has 2 aliphatic heterocycles.